The first-order valence-electron chi connectivity index (χ1n) is 8.14. The highest BCUT2D eigenvalue weighted by atomic mass is 16.1. The summed E-state index contributed by atoms with van der Waals surface area (Å²) in [5.74, 6) is 0.544. The standard InChI is InChI=1S/C18H27N3O/c1-15(2)3-4-16-5-7-17(8-6-16)18(22)20-11-14-21-12-9-19-10-13-21/h3-8,15,19H,9-14H2,1-2H3,(H,20,22). The number of carbonyl (C=O) groups is 1. The molecule has 1 aliphatic heterocycles. The van der Waals surface area contributed by atoms with Gasteiger partial charge in [0.15, 0.2) is 0 Å². The van der Waals surface area contributed by atoms with Gasteiger partial charge in [-0.25, -0.2) is 0 Å². The minimum absolute atomic E-state index is 0.00882. The van der Waals surface area contributed by atoms with E-state index in [1.807, 2.05) is 24.3 Å². The van der Waals surface area contributed by atoms with Crippen molar-refractivity contribution >= 4 is 12.0 Å². The predicted molar refractivity (Wildman–Crippen MR) is 92.0 cm³/mol. The van der Waals surface area contributed by atoms with Crippen LogP contribution >= 0.6 is 0 Å². The summed E-state index contributed by atoms with van der Waals surface area (Å²) in [5, 5.41) is 6.32. The second-order valence-corrected chi connectivity index (χ2v) is 6.07. The summed E-state index contributed by atoms with van der Waals surface area (Å²) in [5.41, 5.74) is 1.85. The molecule has 1 aromatic rings. The molecule has 0 aromatic heterocycles. The van der Waals surface area contributed by atoms with Gasteiger partial charge < -0.3 is 10.6 Å². The first-order valence-corrected chi connectivity index (χ1v) is 8.14. The molecule has 1 amide bonds. The summed E-state index contributed by atoms with van der Waals surface area (Å²) in [4.78, 5) is 14.5. The second kappa shape index (κ2) is 8.71. The smallest absolute Gasteiger partial charge is 0.251 e. The molecule has 120 valence electrons. The fourth-order valence-corrected chi connectivity index (χ4v) is 2.41. The third-order valence-corrected chi connectivity index (χ3v) is 3.77. The summed E-state index contributed by atoms with van der Waals surface area (Å²) >= 11 is 0. The number of hydrogen-bond donors (Lipinski definition) is 2. The van der Waals surface area contributed by atoms with Crippen molar-refractivity contribution in [3.63, 3.8) is 0 Å². The Balaban J connectivity index is 1.77. The Bertz CT molecular complexity index is 488. The van der Waals surface area contributed by atoms with E-state index in [4.69, 9.17) is 0 Å². The van der Waals surface area contributed by atoms with Crippen LogP contribution in [-0.2, 0) is 0 Å². The molecule has 1 fully saturated rings. The van der Waals surface area contributed by atoms with E-state index in [2.05, 4.69) is 41.5 Å². The van der Waals surface area contributed by atoms with Gasteiger partial charge in [-0.3, -0.25) is 9.69 Å². The van der Waals surface area contributed by atoms with E-state index >= 15 is 0 Å². The van der Waals surface area contributed by atoms with Gasteiger partial charge in [-0.05, 0) is 23.6 Å². The van der Waals surface area contributed by atoms with E-state index in [0.29, 0.717) is 12.5 Å². The molecule has 1 heterocycles. The van der Waals surface area contributed by atoms with Crippen molar-refractivity contribution in [3.05, 3.63) is 41.5 Å². The number of amides is 1. The molecular formula is C18H27N3O. The Morgan fingerprint density at radius 1 is 1.27 bits per heavy atom. The largest absolute Gasteiger partial charge is 0.351 e. The number of carbonyl (C=O) groups excluding carboxylic acids is 1. The van der Waals surface area contributed by atoms with Crippen LogP contribution in [0.5, 0.6) is 0 Å². The molecule has 1 aromatic carbocycles. The number of allylic oxidation sites excluding steroid dienone is 1. The zero-order valence-electron chi connectivity index (χ0n) is 13.6. The maximum Gasteiger partial charge on any atom is 0.251 e. The Morgan fingerprint density at radius 2 is 1.95 bits per heavy atom. The summed E-state index contributed by atoms with van der Waals surface area (Å²) in [6, 6.07) is 7.76. The molecule has 4 nitrogen and oxygen atoms in total. The number of benzene rings is 1. The van der Waals surface area contributed by atoms with Crippen molar-refractivity contribution in [2.45, 2.75) is 13.8 Å². The summed E-state index contributed by atoms with van der Waals surface area (Å²) in [7, 11) is 0. The van der Waals surface area contributed by atoms with Gasteiger partial charge >= 0.3 is 0 Å². The third kappa shape index (κ3) is 5.62. The highest BCUT2D eigenvalue weighted by molar-refractivity contribution is 5.94. The lowest BCUT2D eigenvalue weighted by atomic mass is 10.1. The monoisotopic (exact) mass is 301 g/mol. The van der Waals surface area contributed by atoms with Gasteiger partial charge in [-0.15, -0.1) is 0 Å². The fourth-order valence-electron chi connectivity index (χ4n) is 2.41. The summed E-state index contributed by atoms with van der Waals surface area (Å²) < 4.78 is 0. The molecule has 0 bridgehead atoms. The van der Waals surface area contributed by atoms with Gasteiger partial charge in [-0.2, -0.15) is 0 Å². The number of nitrogens with one attached hydrogen (secondary N) is 2. The predicted octanol–water partition coefficient (Wildman–Crippen LogP) is 1.99. The molecule has 0 atom stereocenters. The Kier molecular flexibility index (Phi) is 6.62. The van der Waals surface area contributed by atoms with Crippen molar-refractivity contribution in [3.8, 4) is 0 Å². The van der Waals surface area contributed by atoms with Crippen molar-refractivity contribution in [1.29, 1.82) is 0 Å². The van der Waals surface area contributed by atoms with Gasteiger partial charge in [-0.1, -0.05) is 38.1 Å². The molecule has 0 radical (unpaired) electrons. The van der Waals surface area contributed by atoms with Crippen LogP contribution in [0.2, 0.25) is 0 Å². The Hall–Kier alpha value is -1.65. The SMILES string of the molecule is CC(C)C=Cc1ccc(C(=O)NCCN2CCNCC2)cc1. The van der Waals surface area contributed by atoms with Gasteiger partial charge in [0.2, 0.25) is 0 Å². The zero-order chi connectivity index (χ0) is 15.8. The van der Waals surface area contributed by atoms with Crippen LogP contribution in [-0.4, -0.2) is 50.1 Å². The number of hydrogen-bond acceptors (Lipinski definition) is 3. The lowest BCUT2D eigenvalue weighted by Crippen LogP contribution is -2.46. The molecule has 0 unspecified atom stereocenters. The molecule has 22 heavy (non-hydrogen) atoms. The molecule has 1 saturated heterocycles. The molecule has 2 rings (SSSR count). The van der Waals surface area contributed by atoms with Gasteiger partial charge in [0.1, 0.15) is 0 Å². The van der Waals surface area contributed by atoms with E-state index in [-0.39, 0.29) is 5.91 Å². The number of rotatable bonds is 6. The Morgan fingerprint density at radius 3 is 2.59 bits per heavy atom. The normalized spacial score (nSPS) is 16.3. The Labute approximate surface area is 133 Å². The van der Waals surface area contributed by atoms with E-state index < -0.39 is 0 Å². The maximum atomic E-state index is 12.1. The number of piperazine rings is 1. The zero-order valence-corrected chi connectivity index (χ0v) is 13.6. The topological polar surface area (TPSA) is 44.4 Å². The van der Waals surface area contributed by atoms with Gasteiger partial charge in [0.05, 0.1) is 0 Å². The van der Waals surface area contributed by atoms with Crippen LogP contribution in [0.3, 0.4) is 0 Å². The van der Waals surface area contributed by atoms with E-state index in [9.17, 15) is 4.79 Å². The van der Waals surface area contributed by atoms with Crippen LogP contribution < -0.4 is 10.6 Å². The van der Waals surface area contributed by atoms with E-state index in [0.717, 1.165) is 43.9 Å². The third-order valence-electron chi connectivity index (χ3n) is 3.77. The highest BCUT2D eigenvalue weighted by Crippen LogP contribution is 2.08. The summed E-state index contributed by atoms with van der Waals surface area (Å²) in [6.45, 7) is 10.1. The van der Waals surface area contributed by atoms with Crippen LogP contribution in [0.25, 0.3) is 6.08 Å². The van der Waals surface area contributed by atoms with E-state index in [1.54, 1.807) is 0 Å². The van der Waals surface area contributed by atoms with Crippen LogP contribution in [0, 0.1) is 5.92 Å². The minimum Gasteiger partial charge on any atom is -0.351 e. The van der Waals surface area contributed by atoms with Crippen molar-refractivity contribution in [2.75, 3.05) is 39.3 Å². The highest BCUT2D eigenvalue weighted by Gasteiger charge is 2.10. The fraction of sp³-hybridized carbons (Fsp3) is 0.500. The van der Waals surface area contributed by atoms with Crippen molar-refractivity contribution in [2.24, 2.45) is 5.92 Å². The molecular weight excluding hydrogens is 274 g/mol. The minimum atomic E-state index is 0.00882. The lowest BCUT2D eigenvalue weighted by Gasteiger charge is -2.27. The van der Waals surface area contributed by atoms with Gasteiger partial charge in [0, 0.05) is 44.8 Å². The first-order chi connectivity index (χ1) is 10.6. The maximum absolute atomic E-state index is 12.1. The molecule has 0 spiro atoms. The number of nitrogens with zero attached hydrogens (tertiary/aromatic N) is 1. The van der Waals surface area contributed by atoms with Gasteiger partial charge in [0.25, 0.3) is 5.91 Å². The van der Waals surface area contributed by atoms with E-state index in [1.165, 1.54) is 0 Å². The molecule has 4 heteroatoms. The van der Waals surface area contributed by atoms with Crippen molar-refractivity contribution in [1.82, 2.24) is 15.5 Å². The van der Waals surface area contributed by atoms with Crippen LogP contribution in [0.4, 0.5) is 0 Å². The molecule has 2 N–H and O–H groups in total. The molecule has 0 aliphatic carbocycles. The second-order valence-electron chi connectivity index (χ2n) is 6.07. The lowest BCUT2D eigenvalue weighted by molar-refractivity contribution is 0.0947. The van der Waals surface area contributed by atoms with Crippen LogP contribution in [0.15, 0.2) is 30.3 Å². The molecule has 1 aliphatic rings. The average molecular weight is 301 g/mol. The average Bonchev–Trinajstić information content (AvgIpc) is 2.54. The van der Waals surface area contributed by atoms with Crippen LogP contribution in [0.1, 0.15) is 29.8 Å². The quantitative estimate of drug-likeness (QED) is 0.844. The summed E-state index contributed by atoms with van der Waals surface area (Å²) in [6.07, 6.45) is 4.25. The first kappa shape index (κ1) is 16.7. The molecule has 0 saturated carbocycles. The van der Waals surface area contributed by atoms with Crippen molar-refractivity contribution < 1.29 is 4.79 Å².